The minimum atomic E-state index is -1.63. The minimum Gasteiger partial charge on any atom is -0.454 e. The average Bonchev–Trinajstić information content (AvgIpc) is 2.18. The summed E-state index contributed by atoms with van der Waals surface area (Å²) in [4.78, 5) is 26.7. The summed E-state index contributed by atoms with van der Waals surface area (Å²) < 4.78 is 17.7. The van der Waals surface area contributed by atoms with E-state index in [4.69, 9.17) is 14.2 Å². The molecule has 0 saturated carbocycles. The second-order valence-electron chi connectivity index (χ2n) is 24.9. The summed E-state index contributed by atoms with van der Waals surface area (Å²) in [7, 11) is 0. The smallest absolute Gasteiger partial charge is 0.306 e. The van der Waals surface area contributed by atoms with E-state index in [0.717, 1.165) is 135 Å². The zero-order valence-electron chi connectivity index (χ0n) is 57.5. The van der Waals surface area contributed by atoms with E-state index in [1.807, 2.05) is 6.08 Å². The molecule has 6 N–H and O–H groups in total. The van der Waals surface area contributed by atoms with Gasteiger partial charge in [0, 0.05) is 6.42 Å². The van der Waals surface area contributed by atoms with Crippen LogP contribution in [0.5, 0.6) is 0 Å². The molecule has 1 heterocycles. The van der Waals surface area contributed by atoms with Crippen molar-refractivity contribution in [3.8, 4) is 0 Å². The van der Waals surface area contributed by atoms with Crippen molar-refractivity contribution in [2.45, 2.75) is 352 Å². The van der Waals surface area contributed by atoms with E-state index in [9.17, 15) is 35.1 Å². The molecule has 8 atom stereocenters. The highest BCUT2D eigenvalue weighted by Crippen LogP contribution is 2.26. The summed E-state index contributed by atoms with van der Waals surface area (Å²) in [6, 6.07) is -1.04. The van der Waals surface area contributed by atoms with Gasteiger partial charge in [0.1, 0.15) is 24.4 Å². The van der Waals surface area contributed by atoms with Gasteiger partial charge in [-0.15, -0.1) is 0 Å². The lowest BCUT2D eigenvalue weighted by Crippen LogP contribution is -2.61. The zero-order valence-corrected chi connectivity index (χ0v) is 57.5. The first-order chi connectivity index (χ1) is 44.2. The Morgan fingerprint density at radius 3 is 1.22 bits per heavy atom. The van der Waals surface area contributed by atoms with Gasteiger partial charge in [-0.2, -0.15) is 0 Å². The van der Waals surface area contributed by atoms with Crippen LogP contribution in [0.25, 0.3) is 0 Å². The molecule has 516 valence electrons. The molecule has 0 aromatic rings. The standard InChI is InChI=1S/C79H135NO10/c1-4-7-10-13-16-19-22-25-27-29-31-33-35-37-39-41-43-45-47-49-52-55-58-61-64-67-74(84)90-77-76(86)75(85)73(68-81)89-79(77)88-69-70(71(82)65-62-59-56-53-50-24-21-18-15-12-9-6-3)80-78(87)72(83)66-63-60-57-54-51-48-46-44-42-40-38-36-34-32-30-28-26-23-20-17-14-11-8-5-2/h8,11,16-17,19-20,25-28,31-34,37-40,62,65,70-73,75-77,79,81-83,85-86H,4-7,9-10,12-15,18,21-24,29-30,35-36,41-61,63-64,66-69H2,1-3H3,(H,80,87)/b11-8-,19-16-,20-17-,27-25-,28-26-,33-31-,34-32-,39-37-,40-38-,65-62+. The quantitative estimate of drug-likeness (QED) is 0.0195. The summed E-state index contributed by atoms with van der Waals surface area (Å²) in [5.41, 5.74) is 0. The highest BCUT2D eigenvalue weighted by molar-refractivity contribution is 5.80. The highest BCUT2D eigenvalue weighted by Gasteiger charge is 2.47. The van der Waals surface area contributed by atoms with Gasteiger partial charge in [-0.3, -0.25) is 9.59 Å². The van der Waals surface area contributed by atoms with Crippen molar-refractivity contribution in [3.05, 3.63) is 122 Å². The molecule has 1 amide bonds. The maximum atomic E-state index is 13.5. The van der Waals surface area contributed by atoms with Crippen LogP contribution in [0.4, 0.5) is 0 Å². The van der Waals surface area contributed by atoms with E-state index >= 15 is 0 Å². The van der Waals surface area contributed by atoms with Crippen molar-refractivity contribution in [2.24, 2.45) is 0 Å². The first-order valence-corrected chi connectivity index (χ1v) is 36.8. The molecule has 0 spiro atoms. The number of hydrogen-bond acceptors (Lipinski definition) is 10. The Morgan fingerprint density at radius 2 is 0.800 bits per heavy atom. The van der Waals surface area contributed by atoms with Crippen LogP contribution in [0.15, 0.2) is 122 Å². The van der Waals surface area contributed by atoms with Gasteiger partial charge in [0.25, 0.3) is 0 Å². The summed E-state index contributed by atoms with van der Waals surface area (Å²) in [6.45, 7) is 5.66. The van der Waals surface area contributed by atoms with Gasteiger partial charge >= 0.3 is 5.97 Å². The van der Waals surface area contributed by atoms with Gasteiger partial charge in [-0.25, -0.2) is 0 Å². The second-order valence-corrected chi connectivity index (χ2v) is 24.9. The van der Waals surface area contributed by atoms with Crippen LogP contribution < -0.4 is 5.32 Å². The molecule has 1 saturated heterocycles. The molecule has 0 aromatic heterocycles. The molecule has 0 aromatic carbocycles. The molecule has 1 rings (SSSR count). The maximum absolute atomic E-state index is 13.5. The number of amides is 1. The van der Waals surface area contributed by atoms with Crippen LogP contribution in [0, 0.1) is 0 Å². The Labute approximate surface area is 550 Å². The molecule has 0 bridgehead atoms. The van der Waals surface area contributed by atoms with Gasteiger partial charge < -0.3 is 45.1 Å². The van der Waals surface area contributed by atoms with Crippen LogP contribution in [0.2, 0.25) is 0 Å². The van der Waals surface area contributed by atoms with Gasteiger partial charge in [0.2, 0.25) is 5.91 Å². The molecule has 1 aliphatic heterocycles. The van der Waals surface area contributed by atoms with E-state index in [0.29, 0.717) is 12.8 Å². The van der Waals surface area contributed by atoms with Crippen molar-refractivity contribution in [2.75, 3.05) is 13.2 Å². The van der Waals surface area contributed by atoms with Crippen molar-refractivity contribution >= 4 is 11.9 Å². The van der Waals surface area contributed by atoms with Crippen molar-refractivity contribution in [1.29, 1.82) is 0 Å². The van der Waals surface area contributed by atoms with Crippen LogP contribution in [0.3, 0.4) is 0 Å². The normalized spacial score (nSPS) is 18.8. The topological polar surface area (TPSA) is 175 Å². The molecule has 1 aliphatic rings. The maximum Gasteiger partial charge on any atom is 0.306 e. The number of aliphatic hydroxyl groups is 5. The largest absolute Gasteiger partial charge is 0.454 e. The predicted molar refractivity (Wildman–Crippen MR) is 379 cm³/mol. The lowest BCUT2D eigenvalue weighted by Gasteiger charge is -2.41. The van der Waals surface area contributed by atoms with Crippen LogP contribution in [0.1, 0.15) is 303 Å². The molecule has 0 aliphatic carbocycles. The van der Waals surface area contributed by atoms with Gasteiger partial charge in [-0.1, -0.05) is 303 Å². The van der Waals surface area contributed by atoms with Crippen LogP contribution >= 0.6 is 0 Å². The molecule has 90 heavy (non-hydrogen) atoms. The summed E-state index contributed by atoms with van der Waals surface area (Å²) in [5.74, 6) is -1.21. The number of hydrogen-bond donors (Lipinski definition) is 6. The zero-order chi connectivity index (χ0) is 65.3. The lowest BCUT2D eigenvalue weighted by molar-refractivity contribution is -0.305. The van der Waals surface area contributed by atoms with E-state index in [1.54, 1.807) is 6.08 Å². The summed E-state index contributed by atoms with van der Waals surface area (Å²) in [5, 5.41) is 57.3. The Kier molecular flexibility index (Phi) is 60.8. The molecular formula is C79H135NO10. The summed E-state index contributed by atoms with van der Waals surface area (Å²) in [6.07, 6.45) is 80.8. The number of aliphatic hydroxyl groups excluding tert-OH is 5. The number of carbonyl (C=O) groups is 2. The van der Waals surface area contributed by atoms with E-state index in [-0.39, 0.29) is 19.4 Å². The minimum absolute atomic E-state index is 0.110. The number of esters is 1. The van der Waals surface area contributed by atoms with E-state index in [2.05, 4.69) is 135 Å². The molecule has 11 nitrogen and oxygen atoms in total. The third-order valence-electron chi connectivity index (χ3n) is 16.6. The molecule has 8 unspecified atom stereocenters. The number of rotatable bonds is 62. The number of allylic oxidation sites excluding steroid dienone is 19. The number of nitrogens with one attached hydrogen (secondary N) is 1. The van der Waals surface area contributed by atoms with E-state index in [1.165, 1.54) is 122 Å². The monoisotopic (exact) mass is 1260 g/mol. The fourth-order valence-electron chi connectivity index (χ4n) is 10.8. The number of carbonyl (C=O) groups excluding carboxylic acids is 2. The average molecular weight is 1260 g/mol. The molecular weight excluding hydrogens is 1120 g/mol. The fourth-order valence-corrected chi connectivity index (χ4v) is 10.8. The first kappa shape index (κ1) is 84.1. The number of ether oxygens (including phenoxy) is 3. The van der Waals surface area contributed by atoms with E-state index < -0.39 is 67.4 Å². The van der Waals surface area contributed by atoms with Crippen molar-refractivity contribution < 1.29 is 49.3 Å². The fraction of sp³-hybridized carbons (Fsp3) is 0.722. The van der Waals surface area contributed by atoms with Crippen molar-refractivity contribution in [1.82, 2.24) is 5.32 Å². The van der Waals surface area contributed by atoms with Crippen LogP contribution in [-0.4, -0.2) is 99.6 Å². The highest BCUT2D eigenvalue weighted by atomic mass is 16.7. The molecule has 11 heteroatoms. The first-order valence-electron chi connectivity index (χ1n) is 36.8. The van der Waals surface area contributed by atoms with Crippen molar-refractivity contribution in [3.63, 3.8) is 0 Å². The SMILES string of the molecule is CC/C=C\C/C=C\C/C=C\C/C=C\C/C=C\CCCCCCCCCCC(O)C(=O)NC(COC1OC(CO)C(O)C(O)C1OC(=O)CCCCCCCCCCC/C=C\C/C=C\C/C=C\C/C=C\CCCCC)C(O)/C=C/CCCCCCCCCCCC. The second kappa shape index (κ2) is 65.1. The third kappa shape index (κ3) is 51.6. The van der Waals surface area contributed by atoms with Gasteiger partial charge in [-0.05, 0) is 116 Å². The molecule has 1 fully saturated rings. The summed E-state index contributed by atoms with van der Waals surface area (Å²) >= 11 is 0. The van der Waals surface area contributed by atoms with Crippen LogP contribution in [-0.2, 0) is 23.8 Å². The third-order valence-corrected chi connectivity index (χ3v) is 16.6. The van der Waals surface area contributed by atoms with Gasteiger partial charge in [0.15, 0.2) is 12.4 Å². The van der Waals surface area contributed by atoms with Gasteiger partial charge in [0.05, 0.1) is 25.4 Å². The Bertz CT molecular complexity index is 1930. The Morgan fingerprint density at radius 1 is 0.444 bits per heavy atom. The predicted octanol–water partition coefficient (Wildman–Crippen LogP) is 19.3. The lowest BCUT2D eigenvalue weighted by atomic mass is 9.99. The molecule has 0 radical (unpaired) electrons. The Balaban J connectivity index is 2.57. The number of unbranched alkanes of at least 4 members (excludes halogenated alkanes) is 30. The Hall–Kier alpha value is -3.94.